The average molecular weight is 227 g/mol. The molecule has 6 nitrogen and oxygen atoms in total. The third kappa shape index (κ3) is 2.91. The standard InChI is InChI=1S/C10H13NO5/c1-7(13)9-6-8(11(14)15)2-3-10(9)16-5-4-12/h2-3,6-7,12-13H,4-5H2,1H3. The lowest BCUT2D eigenvalue weighted by atomic mass is 10.1. The molecule has 0 aliphatic heterocycles. The summed E-state index contributed by atoms with van der Waals surface area (Å²) in [4.78, 5) is 10.0. The van der Waals surface area contributed by atoms with Gasteiger partial charge in [0.15, 0.2) is 0 Å². The predicted octanol–water partition coefficient (Wildman–Crippen LogP) is 1.02. The number of ether oxygens (including phenoxy) is 1. The first-order valence-corrected chi connectivity index (χ1v) is 4.76. The third-order valence-corrected chi connectivity index (χ3v) is 2.00. The van der Waals surface area contributed by atoms with Gasteiger partial charge >= 0.3 is 0 Å². The maximum Gasteiger partial charge on any atom is 0.270 e. The molecular formula is C10H13NO5. The van der Waals surface area contributed by atoms with Crippen molar-refractivity contribution in [2.45, 2.75) is 13.0 Å². The molecule has 1 rings (SSSR count). The lowest BCUT2D eigenvalue weighted by Gasteiger charge is -2.12. The number of aliphatic hydroxyl groups excluding tert-OH is 2. The molecule has 6 heteroatoms. The van der Waals surface area contributed by atoms with Crippen LogP contribution >= 0.6 is 0 Å². The minimum Gasteiger partial charge on any atom is -0.491 e. The molecule has 0 aromatic heterocycles. The highest BCUT2D eigenvalue weighted by Gasteiger charge is 2.15. The van der Waals surface area contributed by atoms with Gasteiger partial charge in [0.25, 0.3) is 5.69 Å². The number of nitro groups is 1. The van der Waals surface area contributed by atoms with Gasteiger partial charge in [0.05, 0.1) is 17.6 Å². The van der Waals surface area contributed by atoms with Gasteiger partial charge in [-0.05, 0) is 13.0 Å². The second kappa shape index (κ2) is 5.43. The summed E-state index contributed by atoms with van der Waals surface area (Å²) in [5, 5.41) is 28.6. The van der Waals surface area contributed by atoms with Crippen LogP contribution in [0, 0.1) is 10.1 Å². The van der Waals surface area contributed by atoms with Crippen molar-refractivity contribution < 1.29 is 19.9 Å². The molecule has 0 bridgehead atoms. The molecule has 1 aromatic rings. The van der Waals surface area contributed by atoms with E-state index in [9.17, 15) is 15.2 Å². The molecule has 0 spiro atoms. The van der Waals surface area contributed by atoms with Gasteiger partial charge in [-0.25, -0.2) is 0 Å². The number of benzene rings is 1. The van der Waals surface area contributed by atoms with Crippen molar-refractivity contribution in [2.75, 3.05) is 13.2 Å². The van der Waals surface area contributed by atoms with Crippen LogP contribution in [-0.2, 0) is 0 Å². The SMILES string of the molecule is CC(O)c1cc([N+](=O)[O-])ccc1OCCO. The highest BCUT2D eigenvalue weighted by Crippen LogP contribution is 2.29. The summed E-state index contributed by atoms with van der Waals surface area (Å²) < 4.78 is 5.15. The number of nitro benzene ring substituents is 1. The Hall–Kier alpha value is -1.66. The Morgan fingerprint density at radius 2 is 2.25 bits per heavy atom. The van der Waals surface area contributed by atoms with Gasteiger partial charge in [0, 0.05) is 17.7 Å². The van der Waals surface area contributed by atoms with Crippen LogP contribution in [0.3, 0.4) is 0 Å². The van der Waals surface area contributed by atoms with E-state index >= 15 is 0 Å². The number of hydrogen-bond acceptors (Lipinski definition) is 5. The molecule has 0 aliphatic carbocycles. The zero-order valence-electron chi connectivity index (χ0n) is 8.79. The van der Waals surface area contributed by atoms with Crippen LogP contribution in [0.2, 0.25) is 0 Å². The summed E-state index contributed by atoms with van der Waals surface area (Å²) >= 11 is 0. The number of nitrogens with zero attached hydrogens (tertiary/aromatic N) is 1. The van der Waals surface area contributed by atoms with Crippen molar-refractivity contribution in [1.29, 1.82) is 0 Å². The minimum absolute atomic E-state index is 0.0809. The van der Waals surface area contributed by atoms with E-state index in [1.807, 2.05) is 0 Å². The molecule has 1 unspecified atom stereocenters. The first kappa shape index (κ1) is 12.4. The molecule has 0 saturated heterocycles. The van der Waals surface area contributed by atoms with Crippen LogP contribution in [0.4, 0.5) is 5.69 Å². The summed E-state index contributed by atoms with van der Waals surface area (Å²) in [6.07, 6.45) is -0.867. The van der Waals surface area contributed by atoms with E-state index in [4.69, 9.17) is 9.84 Å². The lowest BCUT2D eigenvalue weighted by Crippen LogP contribution is -2.05. The fourth-order valence-electron chi connectivity index (χ4n) is 1.26. The fraction of sp³-hybridized carbons (Fsp3) is 0.400. The molecule has 1 atom stereocenters. The molecule has 0 aliphatic rings. The van der Waals surface area contributed by atoms with Crippen LogP contribution in [0.5, 0.6) is 5.75 Å². The van der Waals surface area contributed by atoms with Gasteiger partial charge in [0.2, 0.25) is 0 Å². The largest absolute Gasteiger partial charge is 0.491 e. The van der Waals surface area contributed by atoms with E-state index in [2.05, 4.69) is 0 Å². The van der Waals surface area contributed by atoms with E-state index in [0.29, 0.717) is 11.3 Å². The van der Waals surface area contributed by atoms with Crippen LogP contribution in [0.15, 0.2) is 18.2 Å². The van der Waals surface area contributed by atoms with Crippen LogP contribution < -0.4 is 4.74 Å². The normalized spacial score (nSPS) is 12.2. The Labute approximate surface area is 92.2 Å². The van der Waals surface area contributed by atoms with Crippen molar-refractivity contribution in [3.63, 3.8) is 0 Å². The van der Waals surface area contributed by atoms with Crippen LogP contribution in [0.25, 0.3) is 0 Å². The first-order chi connectivity index (χ1) is 7.56. The number of non-ortho nitro benzene ring substituents is 1. The maximum absolute atomic E-state index is 10.5. The van der Waals surface area contributed by atoms with Crippen LogP contribution in [-0.4, -0.2) is 28.4 Å². The van der Waals surface area contributed by atoms with Gasteiger partial charge in [-0.3, -0.25) is 10.1 Å². The molecule has 0 saturated carbocycles. The van der Waals surface area contributed by atoms with Gasteiger partial charge < -0.3 is 14.9 Å². The highest BCUT2D eigenvalue weighted by molar-refractivity contribution is 5.44. The zero-order valence-corrected chi connectivity index (χ0v) is 8.79. The third-order valence-electron chi connectivity index (χ3n) is 2.00. The second-order valence-corrected chi connectivity index (χ2v) is 3.23. The topological polar surface area (TPSA) is 92.8 Å². The monoisotopic (exact) mass is 227 g/mol. The number of hydrogen-bond donors (Lipinski definition) is 2. The molecule has 88 valence electrons. The second-order valence-electron chi connectivity index (χ2n) is 3.23. The molecule has 2 N–H and O–H groups in total. The van der Waals surface area contributed by atoms with Gasteiger partial charge in [-0.15, -0.1) is 0 Å². The van der Waals surface area contributed by atoms with Crippen molar-refractivity contribution in [1.82, 2.24) is 0 Å². The van der Waals surface area contributed by atoms with Gasteiger partial charge in [-0.1, -0.05) is 0 Å². The zero-order chi connectivity index (χ0) is 12.1. The summed E-state index contributed by atoms with van der Waals surface area (Å²) in [6, 6.07) is 3.96. The molecule has 0 fully saturated rings. The lowest BCUT2D eigenvalue weighted by molar-refractivity contribution is -0.385. The molecular weight excluding hydrogens is 214 g/mol. The Bertz CT molecular complexity index is 377. The molecule has 0 radical (unpaired) electrons. The molecule has 16 heavy (non-hydrogen) atoms. The summed E-state index contributed by atoms with van der Waals surface area (Å²) in [5.41, 5.74) is 0.231. The van der Waals surface area contributed by atoms with E-state index in [0.717, 1.165) is 0 Å². The number of aliphatic hydroxyl groups is 2. The summed E-state index contributed by atoms with van der Waals surface area (Å²) in [5.74, 6) is 0.342. The van der Waals surface area contributed by atoms with Crippen molar-refractivity contribution in [3.05, 3.63) is 33.9 Å². The summed E-state index contributed by atoms with van der Waals surface area (Å²) in [7, 11) is 0. The Balaban J connectivity index is 3.04. The van der Waals surface area contributed by atoms with Crippen molar-refractivity contribution in [3.8, 4) is 5.75 Å². The van der Waals surface area contributed by atoms with Crippen molar-refractivity contribution >= 4 is 5.69 Å². The molecule has 0 heterocycles. The Morgan fingerprint density at radius 3 is 2.75 bits per heavy atom. The maximum atomic E-state index is 10.5. The number of rotatable bonds is 5. The Morgan fingerprint density at radius 1 is 1.56 bits per heavy atom. The molecule has 1 aromatic carbocycles. The van der Waals surface area contributed by atoms with Gasteiger partial charge in [-0.2, -0.15) is 0 Å². The molecule has 0 amide bonds. The average Bonchev–Trinajstić information content (AvgIpc) is 2.25. The van der Waals surface area contributed by atoms with E-state index < -0.39 is 11.0 Å². The van der Waals surface area contributed by atoms with Crippen LogP contribution in [0.1, 0.15) is 18.6 Å². The Kier molecular flexibility index (Phi) is 4.21. The van der Waals surface area contributed by atoms with Crippen molar-refractivity contribution in [2.24, 2.45) is 0 Å². The minimum atomic E-state index is -0.867. The van der Waals surface area contributed by atoms with E-state index in [-0.39, 0.29) is 18.9 Å². The fourth-order valence-corrected chi connectivity index (χ4v) is 1.26. The summed E-state index contributed by atoms with van der Waals surface area (Å²) in [6.45, 7) is 1.42. The quantitative estimate of drug-likeness (QED) is 0.578. The predicted molar refractivity (Wildman–Crippen MR) is 56.3 cm³/mol. The van der Waals surface area contributed by atoms with E-state index in [1.54, 1.807) is 0 Å². The van der Waals surface area contributed by atoms with E-state index in [1.165, 1.54) is 25.1 Å². The first-order valence-electron chi connectivity index (χ1n) is 4.76. The highest BCUT2D eigenvalue weighted by atomic mass is 16.6. The van der Waals surface area contributed by atoms with Gasteiger partial charge in [0.1, 0.15) is 12.4 Å². The smallest absolute Gasteiger partial charge is 0.270 e.